The molecule has 6 nitrogen and oxygen atoms in total. The second kappa shape index (κ2) is 9.40. The van der Waals surface area contributed by atoms with Crippen LogP contribution in [0.1, 0.15) is 51.2 Å². The Morgan fingerprint density at radius 2 is 1.71 bits per heavy atom. The van der Waals surface area contributed by atoms with E-state index in [2.05, 4.69) is 50.4 Å². The average Bonchev–Trinajstić information content (AvgIpc) is 3.28. The summed E-state index contributed by atoms with van der Waals surface area (Å²) in [6.45, 7) is 7.57. The Morgan fingerprint density at radius 1 is 1.06 bits per heavy atom. The summed E-state index contributed by atoms with van der Waals surface area (Å²) < 4.78 is 32.5. The molecule has 0 bridgehead atoms. The van der Waals surface area contributed by atoms with Crippen molar-refractivity contribution in [3.8, 4) is 5.75 Å². The van der Waals surface area contributed by atoms with Crippen molar-refractivity contribution in [3.63, 3.8) is 0 Å². The highest BCUT2D eigenvalue weighted by atomic mass is 32.2. The number of hydrogen-bond acceptors (Lipinski definition) is 4. The predicted octanol–water partition coefficient (Wildman–Crippen LogP) is 4.35. The van der Waals surface area contributed by atoms with Crippen molar-refractivity contribution in [2.45, 2.75) is 56.8 Å². The van der Waals surface area contributed by atoms with Crippen molar-refractivity contribution in [1.29, 1.82) is 0 Å². The summed E-state index contributed by atoms with van der Waals surface area (Å²) in [4.78, 5) is 12.7. The lowest BCUT2D eigenvalue weighted by molar-refractivity contribution is -0.116. The maximum absolute atomic E-state index is 12.9. The summed E-state index contributed by atoms with van der Waals surface area (Å²) in [6, 6.07) is 12.9. The van der Waals surface area contributed by atoms with Gasteiger partial charge in [-0.1, -0.05) is 45.0 Å². The maximum Gasteiger partial charge on any atom is 0.243 e. The molecule has 0 unspecified atom stereocenters. The monoisotopic (exact) mass is 444 g/mol. The smallest absolute Gasteiger partial charge is 0.243 e. The number of nitrogens with zero attached hydrogens (tertiary/aromatic N) is 1. The first kappa shape index (κ1) is 23.3. The van der Waals surface area contributed by atoms with Gasteiger partial charge in [-0.15, -0.1) is 0 Å². The third kappa shape index (κ3) is 5.66. The lowest BCUT2D eigenvalue weighted by Crippen LogP contribution is -2.28. The zero-order chi connectivity index (χ0) is 22.6. The van der Waals surface area contributed by atoms with Gasteiger partial charge < -0.3 is 10.1 Å². The Kier molecular flexibility index (Phi) is 7.06. The molecule has 1 aliphatic heterocycles. The van der Waals surface area contributed by atoms with Crippen LogP contribution in [0, 0.1) is 0 Å². The molecular formula is C24H32N2O4S. The van der Waals surface area contributed by atoms with Crippen molar-refractivity contribution in [2.75, 3.05) is 25.5 Å². The summed E-state index contributed by atoms with van der Waals surface area (Å²) in [5, 5.41) is 2.82. The van der Waals surface area contributed by atoms with Crippen LogP contribution in [0.5, 0.6) is 5.75 Å². The number of carbonyl (C=O) groups is 1. The van der Waals surface area contributed by atoms with Gasteiger partial charge in [0.05, 0.1) is 17.7 Å². The molecule has 0 atom stereocenters. The Hall–Kier alpha value is -2.38. The Bertz CT molecular complexity index is 1020. The molecule has 1 heterocycles. The number of hydrogen-bond donors (Lipinski definition) is 1. The molecule has 0 saturated carbocycles. The van der Waals surface area contributed by atoms with Crippen LogP contribution in [0.4, 0.5) is 5.69 Å². The van der Waals surface area contributed by atoms with Crippen LogP contribution in [0.2, 0.25) is 0 Å². The number of aryl methyl sites for hydroxylation is 1. The number of carbonyl (C=O) groups excluding carboxylic acids is 1. The van der Waals surface area contributed by atoms with Gasteiger partial charge in [0.2, 0.25) is 15.9 Å². The van der Waals surface area contributed by atoms with Gasteiger partial charge in [0.25, 0.3) is 0 Å². The summed E-state index contributed by atoms with van der Waals surface area (Å²) in [7, 11) is -2.07. The van der Waals surface area contributed by atoms with E-state index in [9.17, 15) is 13.2 Å². The zero-order valence-corrected chi connectivity index (χ0v) is 19.6. The van der Waals surface area contributed by atoms with E-state index < -0.39 is 10.0 Å². The maximum atomic E-state index is 12.9. The predicted molar refractivity (Wildman–Crippen MR) is 123 cm³/mol. The Morgan fingerprint density at radius 3 is 2.29 bits per heavy atom. The highest BCUT2D eigenvalue weighted by Crippen LogP contribution is 2.30. The van der Waals surface area contributed by atoms with Gasteiger partial charge >= 0.3 is 0 Å². The number of ether oxygens (including phenoxy) is 1. The van der Waals surface area contributed by atoms with Crippen LogP contribution < -0.4 is 10.1 Å². The van der Waals surface area contributed by atoms with Crippen LogP contribution in [-0.4, -0.2) is 38.8 Å². The summed E-state index contributed by atoms with van der Waals surface area (Å²) in [6.07, 6.45) is 2.64. The van der Waals surface area contributed by atoms with Gasteiger partial charge in [0.15, 0.2) is 0 Å². The number of benzene rings is 2. The van der Waals surface area contributed by atoms with Gasteiger partial charge in [-0.25, -0.2) is 8.42 Å². The van der Waals surface area contributed by atoms with E-state index >= 15 is 0 Å². The molecule has 0 spiro atoms. The number of methoxy groups -OCH3 is 1. The number of sulfonamides is 1. The molecule has 31 heavy (non-hydrogen) atoms. The van der Waals surface area contributed by atoms with E-state index in [1.165, 1.54) is 29.1 Å². The van der Waals surface area contributed by atoms with Crippen molar-refractivity contribution < 1.29 is 17.9 Å². The van der Waals surface area contributed by atoms with Crippen LogP contribution in [0.3, 0.4) is 0 Å². The van der Waals surface area contributed by atoms with Crippen LogP contribution in [0.25, 0.3) is 0 Å². The fourth-order valence-corrected chi connectivity index (χ4v) is 5.21. The van der Waals surface area contributed by atoms with Crippen molar-refractivity contribution in [1.82, 2.24) is 4.31 Å². The standard InChI is InChI=1S/C24H32N2O4S/c1-24(2,3)19-10-7-18(8-11-19)9-14-23(27)25-21-17-20(12-13-22(21)30-4)31(28,29)26-15-5-6-16-26/h7-8,10-13,17H,5-6,9,14-16H2,1-4H3,(H,25,27). The lowest BCUT2D eigenvalue weighted by Gasteiger charge is -2.19. The van der Waals surface area contributed by atoms with Crippen molar-refractivity contribution in [3.05, 3.63) is 53.6 Å². The number of amides is 1. The molecule has 1 aliphatic rings. The number of anilines is 1. The Balaban J connectivity index is 1.68. The topological polar surface area (TPSA) is 75.7 Å². The first-order valence-corrected chi connectivity index (χ1v) is 12.1. The molecule has 1 fully saturated rings. The summed E-state index contributed by atoms with van der Waals surface area (Å²) in [5.74, 6) is 0.247. The summed E-state index contributed by atoms with van der Waals surface area (Å²) in [5.41, 5.74) is 2.80. The molecule has 2 aromatic carbocycles. The quantitative estimate of drug-likeness (QED) is 0.689. The van der Waals surface area contributed by atoms with Gasteiger partial charge in [-0.05, 0) is 54.0 Å². The highest BCUT2D eigenvalue weighted by Gasteiger charge is 2.28. The van der Waals surface area contributed by atoms with E-state index in [1.54, 1.807) is 6.07 Å². The second-order valence-electron chi connectivity index (χ2n) is 8.97. The molecule has 2 aromatic rings. The molecular weight excluding hydrogens is 412 g/mol. The van der Waals surface area contributed by atoms with E-state index in [4.69, 9.17) is 4.74 Å². The summed E-state index contributed by atoms with van der Waals surface area (Å²) >= 11 is 0. The number of nitrogens with one attached hydrogen (secondary N) is 1. The van der Waals surface area contributed by atoms with Crippen molar-refractivity contribution in [2.24, 2.45) is 0 Å². The molecule has 0 aliphatic carbocycles. The molecule has 3 rings (SSSR count). The molecule has 0 radical (unpaired) electrons. The minimum absolute atomic E-state index is 0.0902. The molecule has 168 valence electrons. The first-order valence-electron chi connectivity index (χ1n) is 10.7. The fraction of sp³-hybridized carbons (Fsp3) is 0.458. The van der Waals surface area contributed by atoms with Crippen molar-refractivity contribution >= 4 is 21.6 Å². The van der Waals surface area contributed by atoms with Crippen LogP contribution in [-0.2, 0) is 26.7 Å². The van der Waals surface area contributed by atoms with E-state index in [1.807, 2.05) is 0 Å². The molecule has 1 saturated heterocycles. The van der Waals surface area contributed by atoms with E-state index in [-0.39, 0.29) is 16.2 Å². The van der Waals surface area contributed by atoms with Gasteiger partial charge in [-0.2, -0.15) is 4.31 Å². The SMILES string of the molecule is COc1ccc(S(=O)(=O)N2CCCC2)cc1NC(=O)CCc1ccc(C(C)(C)C)cc1. The number of rotatable bonds is 7. The molecule has 7 heteroatoms. The minimum atomic E-state index is -3.57. The first-order chi connectivity index (χ1) is 14.6. The van der Waals surface area contributed by atoms with Gasteiger partial charge in [-0.3, -0.25) is 4.79 Å². The van der Waals surface area contributed by atoms with E-state index in [0.717, 1.165) is 18.4 Å². The molecule has 0 aromatic heterocycles. The molecule has 1 amide bonds. The fourth-order valence-electron chi connectivity index (χ4n) is 3.66. The van der Waals surface area contributed by atoms with Gasteiger partial charge in [0, 0.05) is 19.5 Å². The lowest BCUT2D eigenvalue weighted by atomic mass is 9.86. The third-order valence-electron chi connectivity index (χ3n) is 5.61. The highest BCUT2D eigenvalue weighted by molar-refractivity contribution is 7.89. The minimum Gasteiger partial charge on any atom is -0.495 e. The second-order valence-corrected chi connectivity index (χ2v) is 10.9. The zero-order valence-electron chi connectivity index (χ0n) is 18.8. The Labute approximate surface area is 185 Å². The van der Waals surface area contributed by atoms with E-state index in [0.29, 0.717) is 37.4 Å². The van der Waals surface area contributed by atoms with Crippen LogP contribution in [0.15, 0.2) is 47.4 Å². The van der Waals surface area contributed by atoms with Crippen LogP contribution >= 0.6 is 0 Å². The largest absolute Gasteiger partial charge is 0.495 e. The van der Waals surface area contributed by atoms with Gasteiger partial charge in [0.1, 0.15) is 5.75 Å². The third-order valence-corrected chi connectivity index (χ3v) is 7.50. The molecule has 1 N–H and O–H groups in total. The normalized spacial score (nSPS) is 15.1. The average molecular weight is 445 g/mol.